The Labute approximate surface area is 172 Å². The maximum Gasteiger partial charge on any atom is 0.240 e. The summed E-state index contributed by atoms with van der Waals surface area (Å²) in [7, 11) is 0. The van der Waals surface area contributed by atoms with Crippen LogP contribution in [0.5, 0.6) is 0 Å². The first kappa shape index (κ1) is 18.8. The van der Waals surface area contributed by atoms with Crippen molar-refractivity contribution in [3.05, 3.63) is 65.5 Å². The number of carbonyl (C=O) groups excluding carboxylic acids is 4. The quantitative estimate of drug-likeness (QED) is 0.612. The molecule has 0 bridgehead atoms. The Morgan fingerprint density at radius 1 is 0.900 bits per heavy atom. The van der Waals surface area contributed by atoms with E-state index in [2.05, 4.69) is 5.32 Å². The van der Waals surface area contributed by atoms with Crippen LogP contribution in [0, 0.1) is 23.6 Å². The number of hydrogen-bond donors (Lipinski definition) is 1. The van der Waals surface area contributed by atoms with E-state index in [0.717, 1.165) is 4.90 Å². The summed E-state index contributed by atoms with van der Waals surface area (Å²) in [4.78, 5) is 54.8. The summed E-state index contributed by atoms with van der Waals surface area (Å²) in [6.45, 7) is 3.76. The number of carbonyl (C=O) groups is 4. The number of benzene rings is 2. The molecule has 0 unspecified atom stereocenters. The molecular formula is C23H19FN2O4. The van der Waals surface area contributed by atoms with Gasteiger partial charge >= 0.3 is 0 Å². The average Bonchev–Trinajstić information content (AvgIpc) is 3.29. The second-order valence-corrected chi connectivity index (χ2v) is 8.42. The highest BCUT2D eigenvalue weighted by atomic mass is 19.1. The molecule has 2 aromatic carbocycles. The predicted octanol–water partition coefficient (Wildman–Crippen LogP) is 2.38. The van der Waals surface area contributed by atoms with Gasteiger partial charge in [-0.05, 0) is 30.2 Å². The number of Topliss-reactive ketones (excluding diaryl/α,β-unsaturated/α-hetero) is 2. The fourth-order valence-corrected chi connectivity index (χ4v) is 5.20. The smallest absolute Gasteiger partial charge is 0.240 e. The number of fused-ring (bicyclic) bond motifs is 3. The van der Waals surface area contributed by atoms with Gasteiger partial charge in [0.05, 0.1) is 17.5 Å². The molecule has 0 radical (unpaired) electrons. The van der Waals surface area contributed by atoms with Gasteiger partial charge in [-0.2, -0.15) is 0 Å². The molecule has 2 heterocycles. The molecule has 2 aromatic rings. The lowest BCUT2D eigenvalue weighted by molar-refractivity contribution is -0.123. The summed E-state index contributed by atoms with van der Waals surface area (Å²) < 4.78 is 13.4. The van der Waals surface area contributed by atoms with Crippen molar-refractivity contribution in [1.29, 1.82) is 0 Å². The molecule has 3 aliphatic rings. The Morgan fingerprint density at radius 3 is 2.00 bits per heavy atom. The van der Waals surface area contributed by atoms with E-state index in [1.165, 1.54) is 24.3 Å². The van der Waals surface area contributed by atoms with Crippen LogP contribution in [0.2, 0.25) is 0 Å². The number of rotatable bonds is 2. The van der Waals surface area contributed by atoms with Gasteiger partial charge in [-0.25, -0.2) is 9.29 Å². The zero-order chi connectivity index (χ0) is 21.4. The van der Waals surface area contributed by atoms with Crippen LogP contribution in [0.4, 0.5) is 10.1 Å². The van der Waals surface area contributed by atoms with E-state index in [1.54, 1.807) is 24.3 Å². The first-order valence-corrected chi connectivity index (χ1v) is 9.88. The Hall–Kier alpha value is -3.19. The van der Waals surface area contributed by atoms with Crippen LogP contribution < -0.4 is 10.2 Å². The standard InChI is InChI=1S/C23H19FN2O4/c1-11(2)18-16-17(22(30)26(21(16)29)13-9-7-12(24)8-10-13)23(25-18)19(27)14-5-3-4-6-15(14)20(23)28/h3-11,16-18,25H,1-2H3/t16-,17-,18+/m1/s1. The Bertz CT molecular complexity index is 1090. The van der Waals surface area contributed by atoms with Crippen molar-refractivity contribution in [3.8, 4) is 0 Å². The SMILES string of the molecule is CC(C)[C@@H]1NC2(C(=O)c3ccccc3C2=O)[C@H]2C(=O)N(c3ccc(F)cc3)C(=O)[C@@H]12. The summed E-state index contributed by atoms with van der Waals surface area (Å²) >= 11 is 0. The molecule has 5 rings (SSSR count). The molecule has 6 nitrogen and oxygen atoms in total. The topological polar surface area (TPSA) is 83.6 Å². The molecule has 2 fully saturated rings. The minimum Gasteiger partial charge on any atom is -0.294 e. The van der Waals surface area contributed by atoms with E-state index < -0.39 is 52.6 Å². The van der Waals surface area contributed by atoms with E-state index in [9.17, 15) is 23.6 Å². The van der Waals surface area contributed by atoms with Crippen LogP contribution in [0.1, 0.15) is 34.6 Å². The summed E-state index contributed by atoms with van der Waals surface area (Å²) in [5.41, 5.74) is -1.03. The summed E-state index contributed by atoms with van der Waals surface area (Å²) in [5, 5.41) is 3.13. The minimum absolute atomic E-state index is 0.105. The number of halogens is 1. The molecule has 0 saturated carbocycles. The van der Waals surface area contributed by atoms with Crippen LogP contribution in [0.25, 0.3) is 0 Å². The Kier molecular flexibility index (Phi) is 3.86. The number of nitrogens with zero attached hydrogens (tertiary/aromatic N) is 1. The Morgan fingerprint density at radius 2 is 1.47 bits per heavy atom. The number of amides is 2. The second kappa shape index (κ2) is 6.15. The molecular weight excluding hydrogens is 387 g/mol. The lowest BCUT2D eigenvalue weighted by Gasteiger charge is -2.29. The van der Waals surface area contributed by atoms with Crippen molar-refractivity contribution in [2.24, 2.45) is 17.8 Å². The number of anilines is 1. The largest absolute Gasteiger partial charge is 0.294 e. The van der Waals surface area contributed by atoms with Crippen LogP contribution in [-0.4, -0.2) is 35.0 Å². The van der Waals surface area contributed by atoms with Crippen molar-refractivity contribution in [2.45, 2.75) is 25.4 Å². The lowest BCUT2D eigenvalue weighted by atomic mass is 9.76. The summed E-state index contributed by atoms with van der Waals surface area (Å²) in [6, 6.07) is 11.0. The molecule has 30 heavy (non-hydrogen) atoms. The van der Waals surface area contributed by atoms with Gasteiger partial charge < -0.3 is 0 Å². The third kappa shape index (κ3) is 2.15. The van der Waals surface area contributed by atoms with Crippen molar-refractivity contribution < 1.29 is 23.6 Å². The number of ketones is 2. The van der Waals surface area contributed by atoms with Gasteiger partial charge in [-0.15, -0.1) is 0 Å². The van der Waals surface area contributed by atoms with E-state index in [-0.39, 0.29) is 22.7 Å². The zero-order valence-corrected chi connectivity index (χ0v) is 16.4. The second-order valence-electron chi connectivity index (χ2n) is 8.42. The molecule has 2 saturated heterocycles. The maximum atomic E-state index is 13.5. The highest BCUT2D eigenvalue weighted by molar-refractivity contribution is 6.37. The monoisotopic (exact) mass is 406 g/mol. The van der Waals surface area contributed by atoms with E-state index in [0.29, 0.717) is 0 Å². The average molecular weight is 406 g/mol. The molecule has 152 valence electrons. The van der Waals surface area contributed by atoms with Crippen LogP contribution >= 0.6 is 0 Å². The molecule has 1 spiro atoms. The summed E-state index contributed by atoms with van der Waals surface area (Å²) in [5.74, 6) is -4.62. The van der Waals surface area contributed by atoms with Crippen molar-refractivity contribution >= 4 is 29.1 Å². The van der Waals surface area contributed by atoms with Crippen LogP contribution in [0.15, 0.2) is 48.5 Å². The molecule has 2 amide bonds. The van der Waals surface area contributed by atoms with Crippen molar-refractivity contribution in [2.75, 3.05) is 4.90 Å². The highest BCUT2D eigenvalue weighted by Gasteiger charge is 2.73. The van der Waals surface area contributed by atoms with Gasteiger partial charge in [-0.3, -0.25) is 24.5 Å². The lowest BCUT2D eigenvalue weighted by Crippen LogP contribution is -2.59. The maximum absolute atomic E-state index is 13.5. The fraction of sp³-hybridized carbons (Fsp3) is 0.304. The molecule has 1 N–H and O–H groups in total. The summed E-state index contributed by atoms with van der Waals surface area (Å²) in [6.07, 6.45) is 0. The van der Waals surface area contributed by atoms with Crippen molar-refractivity contribution in [1.82, 2.24) is 5.32 Å². The molecule has 3 atom stereocenters. The normalized spacial score (nSPS) is 26.8. The number of hydrogen-bond acceptors (Lipinski definition) is 5. The third-order valence-corrected chi connectivity index (χ3v) is 6.53. The van der Waals surface area contributed by atoms with Crippen molar-refractivity contribution in [3.63, 3.8) is 0 Å². The molecule has 7 heteroatoms. The number of nitrogens with one attached hydrogen (secondary N) is 1. The third-order valence-electron chi connectivity index (χ3n) is 6.53. The van der Waals surface area contributed by atoms with E-state index in [4.69, 9.17) is 0 Å². The fourth-order valence-electron chi connectivity index (χ4n) is 5.20. The minimum atomic E-state index is -1.79. The van der Waals surface area contributed by atoms with Gasteiger partial charge in [0.1, 0.15) is 5.82 Å². The van der Waals surface area contributed by atoms with Gasteiger partial charge in [0, 0.05) is 17.2 Å². The molecule has 2 aliphatic heterocycles. The first-order chi connectivity index (χ1) is 14.3. The highest BCUT2D eigenvalue weighted by Crippen LogP contribution is 2.50. The predicted molar refractivity (Wildman–Crippen MR) is 105 cm³/mol. The zero-order valence-electron chi connectivity index (χ0n) is 16.4. The van der Waals surface area contributed by atoms with Gasteiger partial charge in [0.2, 0.25) is 11.8 Å². The molecule has 0 aromatic heterocycles. The van der Waals surface area contributed by atoms with E-state index in [1.807, 2.05) is 13.8 Å². The molecule has 1 aliphatic carbocycles. The van der Waals surface area contributed by atoms with E-state index >= 15 is 0 Å². The van der Waals surface area contributed by atoms with Crippen LogP contribution in [0.3, 0.4) is 0 Å². The van der Waals surface area contributed by atoms with Crippen LogP contribution in [-0.2, 0) is 9.59 Å². The van der Waals surface area contributed by atoms with Gasteiger partial charge in [-0.1, -0.05) is 38.1 Å². The van der Waals surface area contributed by atoms with Gasteiger partial charge in [0.25, 0.3) is 0 Å². The first-order valence-electron chi connectivity index (χ1n) is 9.88. The van der Waals surface area contributed by atoms with Gasteiger partial charge in [0.15, 0.2) is 17.1 Å². The number of imide groups is 1. The Balaban J connectivity index is 1.67.